The van der Waals surface area contributed by atoms with Crippen LogP contribution in [0.3, 0.4) is 0 Å². The summed E-state index contributed by atoms with van der Waals surface area (Å²) >= 11 is 0. The van der Waals surface area contributed by atoms with E-state index in [9.17, 15) is 0 Å². The highest BCUT2D eigenvalue weighted by Gasteiger charge is 1.93. The lowest BCUT2D eigenvalue weighted by molar-refractivity contribution is 0.0886. The fourth-order valence-corrected chi connectivity index (χ4v) is 0.297. The van der Waals surface area contributed by atoms with Gasteiger partial charge in [0.25, 0.3) is 0 Å². The second-order valence-corrected chi connectivity index (χ2v) is 1.69. The number of nitriles is 1. The highest BCUT2D eigenvalue weighted by Crippen LogP contribution is 1.93. The molecule has 8 heavy (non-hydrogen) atoms. The number of rotatable bonds is 3. The van der Waals surface area contributed by atoms with Gasteiger partial charge in [-0.05, 0) is 13.3 Å². The van der Waals surface area contributed by atoms with E-state index in [0.29, 0.717) is 0 Å². The van der Waals surface area contributed by atoms with Crippen LogP contribution in [0.4, 0.5) is 0 Å². The maximum absolute atomic E-state index is 8.04. The van der Waals surface area contributed by atoms with Crippen LogP contribution in [0.15, 0.2) is 0 Å². The lowest BCUT2D eigenvalue weighted by Gasteiger charge is -2.04. The quantitative estimate of drug-likeness (QED) is 0.553. The van der Waals surface area contributed by atoms with Gasteiger partial charge in [0.1, 0.15) is 6.61 Å². The van der Waals surface area contributed by atoms with Crippen molar-refractivity contribution in [2.75, 3.05) is 6.61 Å². The van der Waals surface area contributed by atoms with Gasteiger partial charge in [0.05, 0.1) is 12.2 Å². The summed E-state index contributed by atoms with van der Waals surface area (Å²) < 4.78 is 4.98. The molecule has 0 rings (SSSR count). The highest BCUT2D eigenvalue weighted by molar-refractivity contribution is 4.67. The van der Waals surface area contributed by atoms with Crippen LogP contribution in [-0.2, 0) is 4.74 Å². The van der Waals surface area contributed by atoms with Gasteiger partial charge in [-0.15, -0.1) is 0 Å². The van der Waals surface area contributed by atoms with Crippen LogP contribution >= 0.6 is 0 Å². The topological polar surface area (TPSA) is 33.0 Å². The molecule has 46 valence electrons. The third-order valence-electron chi connectivity index (χ3n) is 1.01. The van der Waals surface area contributed by atoms with Crippen molar-refractivity contribution < 1.29 is 4.74 Å². The number of hydrogen-bond acceptors (Lipinski definition) is 2. The molecule has 0 aliphatic heterocycles. The van der Waals surface area contributed by atoms with Crippen molar-refractivity contribution >= 4 is 0 Å². The average molecular weight is 113 g/mol. The summed E-state index contributed by atoms with van der Waals surface area (Å²) in [7, 11) is 0. The molecular formula is C6H11NO. The fraction of sp³-hybridized carbons (Fsp3) is 0.833. The number of hydrogen-bond donors (Lipinski definition) is 0. The van der Waals surface area contributed by atoms with Crippen LogP contribution in [0.2, 0.25) is 0 Å². The summed E-state index contributed by atoms with van der Waals surface area (Å²) in [6, 6.07) is 1.91. The molecule has 0 bridgehead atoms. The van der Waals surface area contributed by atoms with E-state index < -0.39 is 0 Å². The average Bonchev–Trinajstić information content (AvgIpc) is 1.83. The number of nitrogens with zero attached hydrogens (tertiary/aromatic N) is 1. The molecule has 0 fully saturated rings. The largest absolute Gasteiger partial charge is 0.364 e. The molecule has 0 radical (unpaired) electrons. The number of ether oxygens (including phenoxy) is 1. The Bertz CT molecular complexity index is 85.0. The minimum absolute atomic E-state index is 0.217. The standard InChI is InChI=1S/C6H11NO/c1-3-6(2)8-5-4-7/h6H,3,5H2,1-2H3/t6-/m1/s1. The van der Waals surface area contributed by atoms with Gasteiger partial charge in [0.2, 0.25) is 0 Å². The minimum Gasteiger partial charge on any atom is -0.364 e. The summed E-state index contributed by atoms with van der Waals surface area (Å²) in [5, 5.41) is 8.04. The van der Waals surface area contributed by atoms with Gasteiger partial charge in [0.15, 0.2) is 0 Å². The third-order valence-corrected chi connectivity index (χ3v) is 1.01. The van der Waals surface area contributed by atoms with Gasteiger partial charge in [-0.1, -0.05) is 6.92 Å². The van der Waals surface area contributed by atoms with Crippen molar-refractivity contribution in [3.05, 3.63) is 0 Å². The second kappa shape index (κ2) is 4.61. The maximum atomic E-state index is 8.04. The first-order valence-corrected chi connectivity index (χ1v) is 2.79. The Morgan fingerprint density at radius 3 is 2.75 bits per heavy atom. The van der Waals surface area contributed by atoms with Gasteiger partial charge in [-0.25, -0.2) is 0 Å². The lowest BCUT2D eigenvalue weighted by atomic mass is 10.3. The van der Waals surface area contributed by atoms with Gasteiger partial charge in [-0.3, -0.25) is 0 Å². The highest BCUT2D eigenvalue weighted by atomic mass is 16.5. The van der Waals surface area contributed by atoms with Crippen molar-refractivity contribution in [2.24, 2.45) is 0 Å². The first-order chi connectivity index (χ1) is 3.81. The van der Waals surface area contributed by atoms with Crippen LogP contribution in [0, 0.1) is 11.3 Å². The Kier molecular flexibility index (Phi) is 4.29. The van der Waals surface area contributed by atoms with E-state index >= 15 is 0 Å². The summed E-state index contributed by atoms with van der Waals surface area (Å²) in [6.07, 6.45) is 1.21. The zero-order valence-corrected chi connectivity index (χ0v) is 5.35. The Labute approximate surface area is 50.1 Å². The Hall–Kier alpha value is -0.550. The molecule has 0 spiro atoms. The van der Waals surface area contributed by atoms with Gasteiger partial charge in [-0.2, -0.15) is 5.26 Å². The predicted octanol–water partition coefficient (Wildman–Crippen LogP) is 1.33. The first-order valence-electron chi connectivity index (χ1n) is 2.79. The molecule has 0 heterocycles. The zero-order valence-electron chi connectivity index (χ0n) is 5.35. The Morgan fingerprint density at radius 2 is 2.38 bits per heavy atom. The second-order valence-electron chi connectivity index (χ2n) is 1.69. The molecule has 0 aromatic heterocycles. The lowest BCUT2D eigenvalue weighted by Crippen LogP contribution is -2.05. The van der Waals surface area contributed by atoms with E-state index in [1.165, 1.54) is 0 Å². The van der Waals surface area contributed by atoms with Crippen LogP contribution in [0.5, 0.6) is 0 Å². The Balaban J connectivity index is 3.01. The van der Waals surface area contributed by atoms with Crippen molar-refractivity contribution in [2.45, 2.75) is 26.4 Å². The van der Waals surface area contributed by atoms with Crippen molar-refractivity contribution in [1.82, 2.24) is 0 Å². The molecular weight excluding hydrogens is 102 g/mol. The van der Waals surface area contributed by atoms with Crippen molar-refractivity contribution in [3.63, 3.8) is 0 Å². The van der Waals surface area contributed by atoms with E-state index in [0.717, 1.165) is 6.42 Å². The molecule has 2 heteroatoms. The fourth-order valence-electron chi connectivity index (χ4n) is 0.297. The van der Waals surface area contributed by atoms with Gasteiger partial charge >= 0.3 is 0 Å². The van der Waals surface area contributed by atoms with Crippen LogP contribution in [0.25, 0.3) is 0 Å². The molecule has 2 nitrogen and oxygen atoms in total. The van der Waals surface area contributed by atoms with E-state index in [4.69, 9.17) is 10.00 Å². The monoisotopic (exact) mass is 113 g/mol. The van der Waals surface area contributed by atoms with E-state index in [1.54, 1.807) is 0 Å². The summed E-state index contributed by atoms with van der Waals surface area (Å²) in [5.74, 6) is 0. The van der Waals surface area contributed by atoms with E-state index in [-0.39, 0.29) is 12.7 Å². The molecule has 0 N–H and O–H groups in total. The molecule has 0 saturated heterocycles. The van der Waals surface area contributed by atoms with Gasteiger partial charge < -0.3 is 4.74 Å². The van der Waals surface area contributed by atoms with Crippen LogP contribution < -0.4 is 0 Å². The molecule has 0 aliphatic carbocycles. The molecule has 0 aromatic rings. The predicted molar refractivity (Wildman–Crippen MR) is 31.3 cm³/mol. The molecule has 0 aliphatic rings. The Morgan fingerprint density at radius 1 is 1.75 bits per heavy atom. The first kappa shape index (κ1) is 7.45. The molecule has 1 atom stereocenters. The minimum atomic E-state index is 0.217. The molecule has 0 amide bonds. The molecule has 0 unspecified atom stereocenters. The normalized spacial score (nSPS) is 12.6. The van der Waals surface area contributed by atoms with Crippen LogP contribution in [-0.4, -0.2) is 12.7 Å². The smallest absolute Gasteiger partial charge is 0.134 e. The zero-order chi connectivity index (χ0) is 6.41. The summed E-state index contributed by atoms with van der Waals surface area (Å²) in [4.78, 5) is 0. The maximum Gasteiger partial charge on any atom is 0.134 e. The van der Waals surface area contributed by atoms with Crippen LogP contribution in [0.1, 0.15) is 20.3 Å². The van der Waals surface area contributed by atoms with Gasteiger partial charge in [0, 0.05) is 0 Å². The summed E-state index contributed by atoms with van der Waals surface area (Å²) in [6.45, 7) is 4.20. The van der Waals surface area contributed by atoms with Crippen molar-refractivity contribution in [1.29, 1.82) is 5.26 Å². The molecule has 0 saturated carbocycles. The molecule has 0 aromatic carbocycles. The third kappa shape index (κ3) is 3.63. The SMILES string of the molecule is CC[C@@H](C)OCC#N. The summed E-state index contributed by atoms with van der Waals surface area (Å²) in [5.41, 5.74) is 0. The van der Waals surface area contributed by atoms with E-state index in [2.05, 4.69) is 0 Å². The van der Waals surface area contributed by atoms with Crippen molar-refractivity contribution in [3.8, 4) is 6.07 Å². The van der Waals surface area contributed by atoms with E-state index in [1.807, 2.05) is 19.9 Å².